The van der Waals surface area contributed by atoms with Crippen LogP contribution in [0.1, 0.15) is 32.3 Å². The average molecular weight is 219 g/mol. The molecule has 0 aromatic heterocycles. The number of nitrogens with zero attached hydrogens (tertiary/aromatic N) is 1. The number of rotatable bonds is 2. The lowest BCUT2D eigenvalue weighted by Gasteiger charge is -2.33. The molecule has 1 aliphatic heterocycles. The Kier molecular flexibility index (Phi) is 3.49. The second-order valence-electron chi connectivity index (χ2n) is 4.87. The fourth-order valence-corrected chi connectivity index (χ4v) is 2.12. The lowest BCUT2D eigenvalue weighted by atomic mass is 10.0. The van der Waals surface area contributed by atoms with Crippen LogP contribution < -0.4 is 4.90 Å². The third-order valence-corrected chi connectivity index (χ3v) is 3.17. The van der Waals surface area contributed by atoms with E-state index in [-0.39, 0.29) is 0 Å². The van der Waals surface area contributed by atoms with Crippen LogP contribution in [0.2, 0.25) is 0 Å². The summed E-state index contributed by atoms with van der Waals surface area (Å²) in [4.78, 5) is 2.40. The first-order chi connectivity index (χ1) is 7.66. The summed E-state index contributed by atoms with van der Waals surface area (Å²) in [5.74, 6) is 0.609. The predicted molar refractivity (Wildman–Crippen MR) is 68.2 cm³/mol. The van der Waals surface area contributed by atoms with Crippen LogP contribution in [-0.4, -0.2) is 25.8 Å². The summed E-state index contributed by atoms with van der Waals surface area (Å²) in [7, 11) is 0. The normalized spacial score (nSPS) is 21.5. The Bertz CT molecular complexity index is 331. The molecule has 88 valence electrons. The highest BCUT2D eigenvalue weighted by Crippen LogP contribution is 2.21. The lowest BCUT2D eigenvalue weighted by molar-refractivity contribution is 0.0532. The third kappa shape index (κ3) is 2.56. The van der Waals surface area contributed by atoms with Crippen LogP contribution in [0.5, 0.6) is 0 Å². The number of morpholine rings is 1. The van der Waals surface area contributed by atoms with E-state index in [2.05, 4.69) is 49.9 Å². The van der Waals surface area contributed by atoms with Crippen molar-refractivity contribution in [2.75, 3.05) is 24.6 Å². The zero-order valence-corrected chi connectivity index (χ0v) is 10.4. The van der Waals surface area contributed by atoms with E-state index in [1.165, 1.54) is 11.3 Å². The molecule has 1 aromatic carbocycles. The maximum absolute atomic E-state index is 5.55. The molecule has 0 bridgehead atoms. The van der Waals surface area contributed by atoms with Gasteiger partial charge in [0.05, 0.1) is 12.7 Å². The van der Waals surface area contributed by atoms with E-state index in [0.29, 0.717) is 12.0 Å². The van der Waals surface area contributed by atoms with Gasteiger partial charge in [-0.05, 0) is 30.5 Å². The van der Waals surface area contributed by atoms with Crippen molar-refractivity contribution in [2.45, 2.75) is 32.8 Å². The summed E-state index contributed by atoms with van der Waals surface area (Å²) in [6.07, 6.45) is 0.346. The van der Waals surface area contributed by atoms with Crippen LogP contribution in [0.3, 0.4) is 0 Å². The molecule has 2 heteroatoms. The summed E-state index contributed by atoms with van der Waals surface area (Å²) in [6.45, 7) is 9.44. The van der Waals surface area contributed by atoms with E-state index >= 15 is 0 Å². The van der Waals surface area contributed by atoms with Gasteiger partial charge in [-0.1, -0.05) is 26.0 Å². The zero-order chi connectivity index (χ0) is 11.5. The van der Waals surface area contributed by atoms with Gasteiger partial charge >= 0.3 is 0 Å². The van der Waals surface area contributed by atoms with Crippen LogP contribution in [0, 0.1) is 0 Å². The van der Waals surface area contributed by atoms with E-state index in [0.717, 1.165) is 19.7 Å². The quantitative estimate of drug-likeness (QED) is 0.758. The van der Waals surface area contributed by atoms with Crippen LogP contribution in [0.15, 0.2) is 24.3 Å². The number of hydrogen-bond acceptors (Lipinski definition) is 2. The van der Waals surface area contributed by atoms with Gasteiger partial charge < -0.3 is 9.64 Å². The Morgan fingerprint density at radius 3 is 2.50 bits per heavy atom. The molecule has 1 aromatic rings. The maximum Gasteiger partial charge on any atom is 0.0722 e. The second-order valence-corrected chi connectivity index (χ2v) is 4.87. The fourth-order valence-electron chi connectivity index (χ4n) is 2.12. The molecule has 1 atom stereocenters. The van der Waals surface area contributed by atoms with Crippen molar-refractivity contribution >= 4 is 5.69 Å². The van der Waals surface area contributed by atoms with Crippen LogP contribution >= 0.6 is 0 Å². The van der Waals surface area contributed by atoms with E-state index in [1.54, 1.807) is 0 Å². The third-order valence-electron chi connectivity index (χ3n) is 3.17. The SMILES string of the molecule is CC(C)c1ccc(N2CCO[C@@H](C)C2)cc1. The van der Waals surface area contributed by atoms with Gasteiger partial charge in [-0.25, -0.2) is 0 Å². The highest BCUT2D eigenvalue weighted by Gasteiger charge is 2.16. The minimum absolute atomic E-state index is 0.346. The fraction of sp³-hybridized carbons (Fsp3) is 0.571. The number of ether oxygens (including phenoxy) is 1. The van der Waals surface area contributed by atoms with Gasteiger partial charge in [0.25, 0.3) is 0 Å². The van der Waals surface area contributed by atoms with Gasteiger partial charge in [-0.15, -0.1) is 0 Å². The Morgan fingerprint density at radius 2 is 1.94 bits per heavy atom. The first-order valence-corrected chi connectivity index (χ1v) is 6.13. The Balaban J connectivity index is 2.09. The van der Waals surface area contributed by atoms with Crippen molar-refractivity contribution in [1.82, 2.24) is 0 Å². The number of hydrogen-bond donors (Lipinski definition) is 0. The van der Waals surface area contributed by atoms with Crippen molar-refractivity contribution in [3.05, 3.63) is 29.8 Å². The maximum atomic E-state index is 5.55. The van der Waals surface area contributed by atoms with Gasteiger partial charge in [0, 0.05) is 18.8 Å². The smallest absolute Gasteiger partial charge is 0.0722 e. The molecule has 16 heavy (non-hydrogen) atoms. The minimum Gasteiger partial charge on any atom is -0.375 e. The molecule has 0 radical (unpaired) electrons. The van der Waals surface area contributed by atoms with Crippen molar-refractivity contribution < 1.29 is 4.74 Å². The number of anilines is 1. The standard InChI is InChI=1S/C14H21NO/c1-11(2)13-4-6-14(7-5-13)15-8-9-16-12(3)10-15/h4-7,11-12H,8-10H2,1-3H3/t12-/m0/s1. The second kappa shape index (κ2) is 4.88. The molecule has 2 rings (SSSR count). The average Bonchev–Trinajstić information content (AvgIpc) is 2.29. The predicted octanol–water partition coefficient (Wildman–Crippen LogP) is 3.04. The van der Waals surface area contributed by atoms with Crippen molar-refractivity contribution in [3.8, 4) is 0 Å². The van der Waals surface area contributed by atoms with Crippen molar-refractivity contribution in [3.63, 3.8) is 0 Å². The molecule has 0 saturated carbocycles. The molecule has 1 heterocycles. The molecule has 0 amide bonds. The summed E-state index contributed by atoms with van der Waals surface area (Å²) in [5, 5.41) is 0. The van der Waals surface area contributed by atoms with Gasteiger partial charge in [-0.2, -0.15) is 0 Å². The lowest BCUT2D eigenvalue weighted by Crippen LogP contribution is -2.41. The molecule has 0 spiro atoms. The molecule has 0 N–H and O–H groups in total. The first kappa shape index (κ1) is 11.5. The van der Waals surface area contributed by atoms with Crippen molar-refractivity contribution in [1.29, 1.82) is 0 Å². The molecule has 1 saturated heterocycles. The molecular formula is C14H21NO. The Hall–Kier alpha value is -1.02. The van der Waals surface area contributed by atoms with Crippen molar-refractivity contribution in [2.24, 2.45) is 0 Å². The van der Waals surface area contributed by atoms with Gasteiger partial charge in [0.1, 0.15) is 0 Å². The number of benzene rings is 1. The topological polar surface area (TPSA) is 12.5 Å². The molecular weight excluding hydrogens is 198 g/mol. The first-order valence-electron chi connectivity index (χ1n) is 6.13. The van der Waals surface area contributed by atoms with Gasteiger partial charge in [-0.3, -0.25) is 0 Å². The highest BCUT2D eigenvalue weighted by atomic mass is 16.5. The summed E-state index contributed by atoms with van der Waals surface area (Å²) < 4.78 is 5.55. The summed E-state index contributed by atoms with van der Waals surface area (Å²) >= 11 is 0. The van der Waals surface area contributed by atoms with Gasteiger partial charge in [0.2, 0.25) is 0 Å². The van der Waals surface area contributed by atoms with Crippen LogP contribution in [-0.2, 0) is 4.74 Å². The highest BCUT2D eigenvalue weighted by molar-refractivity contribution is 5.48. The van der Waals surface area contributed by atoms with Crippen LogP contribution in [0.25, 0.3) is 0 Å². The summed E-state index contributed by atoms with van der Waals surface area (Å²) in [6, 6.07) is 8.93. The van der Waals surface area contributed by atoms with Crippen LogP contribution in [0.4, 0.5) is 5.69 Å². The molecule has 1 fully saturated rings. The molecule has 0 aliphatic carbocycles. The van der Waals surface area contributed by atoms with E-state index < -0.39 is 0 Å². The monoisotopic (exact) mass is 219 g/mol. The molecule has 0 unspecified atom stereocenters. The summed E-state index contributed by atoms with van der Waals surface area (Å²) in [5.41, 5.74) is 2.73. The Labute approximate surface area is 98.2 Å². The van der Waals surface area contributed by atoms with E-state index in [9.17, 15) is 0 Å². The minimum atomic E-state index is 0.346. The Morgan fingerprint density at radius 1 is 1.25 bits per heavy atom. The molecule has 1 aliphatic rings. The largest absolute Gasteiger partial charge is 0.375 e. The van der Waals surface area contributed by atoms with Gasteiger partial charge in [0.15, 0.2) is 0 Å². The molecule has 2 nitrogen and oxygen atoms in total. The van der Waals surface area contributed by atoms with E-state index in [1.807, 2.05) is 0 Å². The van der Waals surface area contributed by atoms with E-state index in [4.69, 9.17) is 4.74 Å². The zero-order valence-electron chi connectivity index (χ0n) is 10.4.